The van der Waals surface area contributed by atoms with E-state index in [-0.39, 0.29) is 5.84 Å². The van der Waals surface area contributed by atoms with Gasteiger partial charge in [0, 0.05) is 21.9 Å². The van der Waals surface area contributed by atoms with Gasteiger partial charge >= 0.3 is 0 Å². The summed E-state index contributed by atoms with van der Waals surface area (Å²) in [5.74, 6) is 1.74. The van der Waals surface area contributed by atoms with Gasteiger partial charge in [0.1, 0.15) is 30.5 Å². The number of thiazole rings is 1. The maximum Gasteiger partial charge on any atom is 0.137 e. The average molecular weight is 514 g/mol. The highest BCUT2D eigenvalue weighted by Crippen LogP contribution is 2.34. The number of nitrogens with one attached hydrogen (secondary N) is 1. The van der Waals surface area contributed by atoms with E-state index in [1.165, 1.54) is 22.7 Å². The molecule has 3 N–H and O–H groups in total. The molecule has 1 aromatic heterocycles. The minimum Gasteiger partial charge on any atom is -0.489 e. The predicted molar refractivity (Wildman–Crippen MR) is 153 cm³/mol. The molecule has 0 radical (unpaired) electrons. The van der Waals surface area contributed by atoms with Crippen molar-refractivity contribution in [2.24, 2.45) is 5.73 Å². The minimum absolute atomic E-state index is 0.0304. The largest absolute Gasteiger partial charge is 0.489 e. The number of amidine groups is 1. The number of benzene rings is 3. The normalized spacial score (nSPS) is 11.0. The Labute approximate surface area is 223 Å². The van der Waals surface area contributed by atoms with E-state index in [4.69, 9.17) is 25.6 Å². The van der Waals surface area contributed by atoms with E-state index in [0.29, 0.717) is 30.4 Å². The maximum absolute atomic E-state index is 8.00. The van der Waals surface area contributed by atoms with Gasteiger partial charge in [0.15, 0.2) is 0 Å². The fourth-order valence-electron chi connectivity index (χ4n) is 4.03. The number of hydrogen-bond acceptors (Lipinski definition) is 5. The lowest BCUT2D eigenvalue weighted by atomic mass is 10.1. The minimum atomic E-state index is -0.0304. The lowest BCUT2D eigenvalue weighted by Gasteiger charge is -2.16. The molecular weight excluding hydrogens is 478 g/mol. The molecule has 0 unspecified atom stereocenters. The van der Waals surface area contributed by atoms with Crippen LogP contribution in [0.4, 0.5) is 0 Å². The zero-order valence-corrected chi connectivity index (χ0v) is 22.6. The van der Waals surface area contributed by atoms with Crippen LogP contribution in [-0.4, -0.2) is 10.8 Å². The number of aromatic nitrogens is 1. The molecule has 5 nitrogen and oxygen atoms in total. The maximum atomic E-state index is 8.00. The summed E-state index contributed by atoms with van der Waals surface area (Å²) in [7, 11) is 0. The topological polar surface area (TPSA) is 81.2 Å². The SMILES string of the molecule is CCCCc1sc(C(C)C)nc1-c1ccc(OCc2cccc(C(=N)N)c2OCc2ccccc2)cc1. The third-order valence-electron chi connectivity index (χ3n) is 6.10. The van der Waals surface area contributed by atoms with E-state index in [2.05, 4.69) is 32.9 Å². The second-order valence-corrected chi connectivity index (χ2v) is 10.5. The number of nitrogens with two attached hydrogens (primary N) is 1. The smallest absolute Gasteiger partial charge is 0.137 e. The number of para-hydroxylation sites is 1. The number of hydrogen-bond donors (Lipinski definition) is 2. The summed E-state index contributed by atoms with van der Waals surface area (Å²) in [6.07, 6.45) is 3.40. The highest BCUT2D eigenvalue weighted by Gasteiger charge is 2.16. The van der Waals surface area contributed by atoms with Gasteiger partial charge in [-0.3, -0.25) is 5.41 Å². The van der Waals surface area contributed by atoms with Crippen LogP contribution in [0.3, 0.4) is 0 Å². The average Bonchev–Trinajstić information content (AvgIpc) is 3.35. The molecule has 0 aliphatic heterocycles. The Morgan fingerprint density at radius 3 is 2.38 bits per heavy atom. The monoisotopic (exact) mass is 513 g/mol. The van der Waals surface area contributed by atoms with Crippen LogP contribution in [0.2, 0.25) is 0 Å². The molecule has 0 atom stereocenters. The van der Waals surface area contributed by atoms with Crippen molar-refractivity contribution in [2.75, 3.05) is 0 Å². The van der Waals surface area contributed by atoms with Crippen molar-refractivity contribution in [1.82, 2.24) is 4.98 Å². The summed E-state index contributed by atoms with van der Waals surface area (Å²) < 4.78 is 12.3. The van der Waals surface area contributed by atoms with Crippen molar-refractivity contribution in [3.63, 3.8) is 0 Å². The van der Waals surface area contributed by atoms with Gasteiger partial charge in [0.05, 0.1) is 16.3 Å². The Morgan fingerprint density at radius 1 is 0.946 bits per heavy atom. The zero-order chi connectivity index (χ0) is 26.2. The predicted octanol–water partition coefficient (Wildman–Crippen LogP) is 7.72. The lowest BCUT2D eigenvalue weighted by Crippen LogP contribution is -2.15. The molecule has 0 spiro atoms. The second-order valence-electron chi connectivity index (χ2n) is 9.38. The van der Waals surface area contributed by atoms with Gasteiger partial charge in [0.25, 0.3) is 0 Å². The first-order chi connectivity index (χ1) is 18.0. The quantitative estimate of drug-likeness (QED) is 0.150. The molecule has 37 heavy (non-hydrogen) atoms. The highest BCUT2D eigenvalue weighted by molar-refractivity contribution is 7.12. The number of unbranched alkanes of at least 4 members (excludes halogenated alkanes) is 1. The van der Waals surface area contributed by atoms with Crippen LogP contribution in [-0.2, 0) is 19.6 Å². The molecule has 192 valence electrons. The zero-order valence-electron chi connectivity index (χ0n) is 21.8. The van der Waals surface area contributed by atoms with Gasteiger partial charge in [-0.05, 0) is 48.7 Å². The molecule has 0 aliphatic carbocycles. The van der Waals surface area contributed by atoms with Crippen molar-refractivity contribution in [2.45, 2.75) is 59.2 Å². The van der Waals surface area contributed by atoms with Gasteiger partial charge in [-0.1, -0.05) is 69.7 Å². The highest BCUT2D eigenvalue weighted by atomic mass is 32.1. The molecule has 0 saturated carbocycles. The first kappa shape index (κ1) is 26.4. The first-order valence-electron chi connectivity index (χ1n) is 12.8. The van der Waals surface area contributed by atoms with Crippen LogP contribution in [0, 0.1) is 5.41 Å². The number of ether oxygens (including phenoxy) is 2. The van der Waals surface area contributed by atoms with Gasteiger partial charge in [-0.25, -0.2) is 4.98 Å². The summed E-state index contributed by atoms with van der Waals surface area (Å²) in [4.78, 5) is 6.33. The van der Waals surface area contributed by atoms with Gasteiger partial charge in [-0.15, -0.1) is 11.3 Å². The Balaban J connectivity index is 1.50. The van der Waals surface area contributed by atoms with Crippen molar-refractivity contribution < 1.29 is 9.47 Å². The van der Waals surface area contributed by atoms with Crippen LogP contribution in [0.15, 0.2) is 72.8 Å². The van der Waals surface area contributed by atoms with E-state index in [0.717, 1.165) is 34.6 Å². The summed E-state index contributed by atoms with van der Waals surface area (Å²) in [6.45, 7) is 7.31. The number of nitrogens with zero attached hydrogens (tertiary/aromatic N) is 1. The van der Waals surface area contributed by atoms with Crippen LogP contribution in [0.1, 0.15) is 66.1 Å². The number of aryl methyl sites for hydroxylation is 1. The molecule has 0 amide bonds. The molecule has 0 fully saturated rings. The molecule has 0 bridgehead atoms. The third-order valence-corrected chi connectivity index (χ3v) is 7.52. The summed E-state index contributed by atoms with van der Waals surface area (Å²) in [5, 5.41) is 9.19. The molecule has 4 rings (SSSR count). The lowest BCUT2D eigenvalue weighted by molar-refractivity contribution is 0.273. The van der Waals surface area contributed by atoms with Gasteiger partial charge < -0.3 is 15.2 Å². The van der Waals surface area contributed by atoms with E-state index in [1.807, 2.05) is 65.9 Å². The third kappa shape index (κ3) is 6.77. The molecular formula is C31H35N3O2S. The Kier molecular flexibility index (Phi) is 8.96. The number of nitrogen functional groups attached to an aromatic ring is 1. The summed E-state index contributed by atoms with van der Waals surface area (Å²) in [5.41, 5.74) is 10.5. The Bertz CT molecular complexity index is 1310. The van der Waals surface area contributed by atoms with E-state index >= 15 is 0 Å². The standard InChI is InChI=1S/C31H35N3O2S/c1-4-5-14-27-28(34-31(37-27)21(2)3)23-15-17-25(18-16-23)35-20-24-12-9-13-26(30(32)33)29(24)36-19-22-10-7-6-8-11-22/h6-13,15-18,21H,4-5,14,19-20H2,1-3H3,(H3,32,33). The fraction of sp³-hybridized carbons (Fsp3) is 0.290. The van der Waals surface area contributed by atoms with E-state index < -0.39 is 0 Å². The molecule has 0 aliphatic rings. The van der Waals surface area contributed by atoms with Crippen molar-refractivity contribution in [3.8, 4) is 22.8 Å². The second kappa shape index (κ2) is 12.5. The molecule has 4 aromatic rings. The van der Waals surface area contributed by atoms with Crippen LogP contribution < -0.4 is 15.2 Å². The van der Waals surface area contributed by atoms with Gasteiger partial charge in [0.2, 0.25) is 0 Å². The first-order valence-corrected chi connectivity index (χ1v) is 13.6. The van der Waals surface area contributed by atoms with Crippen LogP contribution in [0.5, 0.6) is 11.5 Å². The van der Waals surface area contributed by atoms with Crippen LogP contribution >= 0.6 is 11.3 Å². The molecule has 0 saturated heterocycles. The summed E-state index contributed by atoms with van der Waals surface area (Å²) >= 11 is 1.84. The number of rotatable bonds is 12. The van der Waals surface area contributed by atoms with E-state index in [9.17, 15) is 0 Å². The van der Waals surface area contributed by atoms with Crippen molar-refractivity contribution in [3.05, 3.63) is 99.4 Å². The van der Waals surface area contributed by atoms with Crippen molar-refractivity contribution >= 4 is 17.2 Å². The fourth-order valence-corrected chi connectivity index (χ4v) is 5.16. The summed E-state index contributed by atoms with van der Waals surface area (Å²) in [6, 6.07) is 23.7. The molecule has 6 heteroatoms. The van der Waals surface area contributed by atoms with Crippen LogP contribution in [0.25, 0.3) is 11.3 Å². The molecule has 1 heterocycles. The molecule has 3 aromatic carbocycles. The Morgan fingerprint density at radius 2 is 1.70 bits per heavy atom. The van der Waals surface area contributed by atoms with Gasteiger partial charge in [-0.2, -0.15) is 0 Å². The van der Waals surface area contributed by atoms with E-state index in [1.54, 1.807) is 6.07 Å². The van der Waals surface area contributed by atoms with Crippen molar-refractivity contribution in [1.29, 1.82) is 5.41 Å². The Hall–Kier alpha value is -3.64.